The number of hydrogen-bond acceptors (Lipinski definition) is 7. The largest absolute Gasteiger partial charge is 0.497 e. The Bertz CT molecular complexity index is 658. The van der Waals surface area contributed by atoms with Crippen LogP contribution in [-0.4, -0.2) is 40.2 Å². The first-order chi connectivity index (χ1) is 11.7. The van der Waals surface area contributed by atoms with Crippen LogP contribution >= 0.6 is 11.8 Å². The maximum atomic E-state index is 11.5. The molecule has 0 fully saturated rings. The van der Waals surface area contributed by atoms with Crippen molar-refractivity contribution in [1.29, 1.82) is 0 Å². The standard InChI is InChI=1S/C16H21N3O4S/c1-4-19-14(10-23-13-8-6-12(21-3)7-9-13)17-18-16(19)24-11-15(20)22-5-2/h6-9H,4-5,10-11H2,1-3H3. The van der Waals surface area contributed by atoms with Gasteiger partial charge in [-0.05, 0) is 38.1 Å². The van der Waals surface area contributed by atoms with Gasteiger partial charge in [0, 0.05) is 6.54 Å². The molecule has 7 nitrogen and oxygen atoms in total. The van der Waals surface area contributed by atoms with E-state index in [-0.39, 0.29) is 11.7 Å². The summed E-state index contributed by atoms with van der Waals surface area (Å²) in [6, 6.07) is 7.34. The fraction of sp³-hybridized carbons (Fsp3) is 0.438. The summed E-state index contributed by atoms with van der Waals surface area (Å²) in [6.45, 7) is 5.15. The molecule has 0 amide bonds. The Hall–Kier alpha value is -2.22. The molecule has 1 aromatic carbocycles. The third kappa shape index (κ3) is 4.89. The molecule has 1 aromatic heterocycles. The second kappa shape index (κ2) is 9.17. The van der Waals surface area contributed by atoms with E-state index in [9.17, 15) is 4.79 Å². The lowest BCUT2D eigenvalue weighted by atomic mass is 10.3. The van der Waals surface area contributed by atoms with Crippen LogP contribution in [0.1, 0.15) is 19.7 Å². The van der Waals surface area contributed by atoms with Gasteiger partial charge in [0.05, 0.1) is 19.5 Å². The molecule has 130 valence electrons. The maximum absolute atomic E-state index is 11.5. The van der Waals surface area contributed by atoms with Crippen LogP contribution in [0.3, 0.4) is 0 Å². The topological polar surface area (TPSA) is 75.5 Å². The zero-order valence-corrected chi connectivity index (χ0v) is 14.8. The number of benzene rings is 1. The first-order valence-corrected chi connectivity index (χ1v) is 8.63. The number of carbonyl (C=O) groups is 1. The van der Waals surface area contributed by atoms with Gasteiger partial charge in [-0.2, -0.15) is 0 Å². The first kappa shape index (κ1) is 18.1. The Balaban J connectivity index is 1.96. The molecule has 0 aliphatic rings. The van der Waals surface area contributed by atoms with Gasteiger partial charge >= 0.3 is 5.97 Å². The van der Waals surface area contributed by atoms with E-state index in [0.717, 1.165) is 11.5 Å². The van der Waals surface area contributed by atoms with Crippen LogP contribution in [0.25, 0.3) is 0 Å². The fourth-order valence-electron chi connectivity index (χ4n) is 2.00. The molecule has 1 heterocycles. The van der Waals surface area contributed by atoms with Crippen molar-refractivity contribution >= 4 is 17.7 Å². The number of thioether (sulfide) groups is 1. The second-order valence-electron chi connectivity index (χ2n) is 4.70. The molecular formula is C16H21N3O4S. The van der Waals surface area contributed by atoms with Gasteiger partial charge in [-0.15, -0.1) is 10.2 Å². The van der Waals surface area contributed by atoms with Crippen LogP contribution in [0.2, 0.25) is 0 Å². The summed E-state index contributed by atoms with van der Waals surface area (Å²) in [5.41, 5.74) is 0. The Morgan fingerprint density at radius 1 is 1.17 bits per heavy atom. The summed E-state index contributed by atoms with van der Waals surface area (Å²) in [5, 5.41) is 8.96. The summed E-state index contributed by atoms with van der Waals surface area (Å²) in [6.07, 6.45) is 0. The number of nitrogens with zero attached hydrogens (tertiary/aromatic N) is 3. The summed E-state index contributed by atoms with van der Waals surface area (Å²) < 4.78 is 17.7. The highest BCUT2D eigenvalue weighted by Gasteiger charge is 2.14. The zero-order chi connectivity index (χ0) is 17.4. The van der Waals surface area contributed by atoms with Gasteiger partial charge in [-0.1, -0.05) is 11.8 Å². The molecule has 0 spiro atoms. The fourth-order valence-corrected chi connectivity index (χ4v) is 2.82. The second-order valence-corrected chi connectivity index (χ2v) is 5.64. The number of esters is 1. The van der Waals surface area contributed by atoms with E-state index < -0.39 is 0 Å². The van der Waals surface area contributed by atoms with Gasteiger partial charge in [-0.25, -0.2) is 0 Å². The highest BCUT2D eigenvalue weighted by atomic mass is 32.2. The van der Waals surface area contributed by atoms with Gasteiger partial charge in [0.15, 0.2) is 11.0 Å². The first-order valence-electron chi connectivity index (χ1n) is 7.65. The van der Waals surface area contributed by atoms with Crippen molar-refractivity contribution in [2.75, 3.05) is 19.5 Å². The number of rotatable bonds is 9. The molecule has 8 heteroatoms. The number of aromatic nitrogens is 3. The van der Waals surface area contributed by atoms with E-state index in [2.05, 4.69) is 10.2 Å². The summed E-state index contributed by atoms with van der Waals surface area (Å²) in [5.74, 6) is 2.16. The summed E-state index contributed by atoms with van der Waals surface area (Å²) in [4.78, 5) is 11.5. The van der Waals surface area contributed by atoms with Crippen LogP contribution in [0.5, 0.6) is 11.5 Å². The monoisotopic (exact) mass is 351 g/mol. The molecule has 2 aromatic rings. The lowest BCUT2D eigenvalue weighted by molar-refractivity contribution is -0.139. The number of ether oxygens (including phenoxy) is 3. The van der Waals surface area contributed by atoms with Crippen LogP contribution in [0.15, 0.2) is 29.4 Å². The van der Waals surface area contributed by atoms with E-state index in [1.54, 1.807) is 14.0 Å². The van der Waals surface area contributed by atoms with E-state index >= 15 is 0 Å². The van der Waals surface area contributed by atoms with Gasteiger partial charge < -0.3 is 18.8 Å². The van der Waals surface area contributed by atoms with Crippen molar-refractivity contribution in [3.05, 3.63) is 30.1 Å². The lowest BCUT2D eigenvalue weighted by Crippen LogP contribution is -2.09. The van der Waals surface area contributed by atoms with Crippen molar-refractivity contribution in [2.45, 2.75) is 32.2 Å². The third-order valence-electron chi connectivity index (χ3n) is 3.16. The smallest absolute Gasteiger partial charge is 0.316 e. The van der Waals surface area contributed by atoms with E-state index in [4.69, 9.17) is 14.2 Å². The SMILES string of the molecule is CCOC(=O)CSc1nnc(COc2ccc(OC)cc2)n1CC. The minimum Gasteiger partial charge on any atom is -0.497 e. The lowest BCUT2D eigenvalue weighted by Gasteiger charge is -2.09. The molecule has 0 saturated heterocycles. The normalized spacial score (nSPS) is 10.5. The highest BCUT2D eigenvalue weighted by molar-refractivity contribution is 7.99. The summed E-state index contributed by atoms with van der Waals surface area (Å²) >= 11 is 1.31. The molecule has 0 aliphatic carbocycles. The molecule has 0 N–H and O–H groups in total. The van der Waals surface area contributed by atoms with Crippen molar-refractivity contribution in [1.82, 2.24) is 14.8 Å². The van der Waals surface area contributed by atoms with Gasteiger partial charge in [0.1, 0.15) is 18.1 Å². The molecule has 24 heavy (non-hydrogen) atoms. The molecule has 0 saturated carbocycles. The van der Waals surface area contributed by atoms with E-state index in [1.165, 1.54) is 11.8 Å². The molecule has 2 rings (SSSR count). The van der Waals surface area contributed by atoms with Gasteiger partial charge in [-0.3, -0.25) is 4.79 Å². The van der Waals surface area contributed by atoms with Crippen LogP contribution in [0, 0.1) is 0 Å². The van der Waals surface area contributed by atoms with Gasteiger partial charge in [0.25, 0.3) is 0 Å². The predicted octanol–water partition coefficient (Wildman–Crippen LogP) is 2.54. The average molecular weight is 351 g/mol. The van der Waals surface area contributed by atoms with Crippen molar-refractivity contribution in [3.8, 4) is 11.5 Å². The van der Waals surface area contributed by atoms with Crippen molar-refractivity contribution in [3.63, 3.8) is 0 Å². The number of methoxy groups -OCH3 is 1. The molecule has 0 unspecified atom stereocenters. The minimum absolute atomic E-state index is 0.214. The molecular weight excluding hydrogens is 330 g/mol. The van der Waals surface area contributed by atoms with Crippen molar-refractivity contribution in [2.24, 2.45) is 0 Å². The van der Waals surface area contributed by atoms with E-state index in [1.807, 2.05) is 35.8 Å². The number of carbonyl (C=O) groups excluding carboxylic acids is 1. The Morgan fingerprint density at radius 3 is 2.50 bits per heavy atom. The molecule has 0 aliphatic heterocycles. The molecule has 0 radical (unpaired) electrons. The van der Waals surface area contributed by atoms with Crippen LogP contribution in [-0.2, 0) is 22.7 Å². The third-order valence-corrected chi connectivity index (χ3v) is 4.10. The van der Waals surface area contributed by atoms with Crippen LogP contribution in [0.4, 0.5) is 0 Å². The maximum Gasteiger partial charge on any atom is 0.316 e. The highest BCUT2D eigenvalue weighted by Crippen LogP contribution is 2.20. The molecule has 0 bridgehead atoms. The summed E-state index contributed by atoms with van der Waals surface area (Å²) in [7, 11) is 1.62. The Morgan fingerprint density at radius 2 is 1.88 bits per heavy atom. The quantitative estimate of drug-likeness (QED) is 0.507. The van der Waals surface area contributed by atoms with Crippen LogP contribution < -0.4 is 9.47 Å². The molecule has 0 atom stereocenters. The van der Waals surface area contributed by atoms with Crippen molar-refractivity contribution < 1.29 is 19.0 Å². The Labute approximate surface area is 145 Å². The number of hydrogen-bond donors (Lipinski definition) is 0. The predicted molar refractivity (Wildman–Crippen MR) is 90.4 cm³/mol. The minimum atomic E-state index is -0.260. The zero-order valence-electron chi connectivity index (χ0n) is 14.0. The Kier molecular flexibility index (Phi) is 6.92. The van der Waals surface area contributed by atoms with E-state index in [0.29, 0.717) is 30.7 Å². The van der Waals surface area contributed by atoms with Gasteiger partial charge in [0.2, 0.25) is 0 Å². The average Bonchev–Trinajstić information content (AvgIpc) is 3.00.